The molecule has 0 spiro atoms. The van der Waals surface area contributed by atoms with Crippen molar-refractivity contribution in [3.63, 3.8) is 0 Å². The van der Waals surface area contributed by atoms with E-state index in [1.165, 1.54) is 12.2 Å². The number of rotatable bonds is 26. The monoisotopic (exact) mass is 1150 g/mol. The minimum absolute atomic E-state index is 0.0116. The Labute approximate surface area is 437 Å². The molecular weight excluding hydrogens is 1090 g/mol. The van der Waals surface area contributed by atoms with Gasteiger partial charge in [-0.3, -0.25) is 9.59 Å². The van der Waals surface area contributed by atoms with Crippen LogP contribution in [0.1, 0.15) is 91.0 Å². The highest BCUT2D eigenvalue weighted by Gasteiger charge is 2.62. The van der Waals surface area contributed by atoms with E-state index >= 15 is 0 Å². The minimum Gasteiger partial charge on any atom is -0.474 e. The number of aromatic nitrogens is 4. The predicted molar refractivity (Wildman–Crippen MR) is 272 cm³/mol. The Kier molecular flexibility index (Phi) is 22.3. The van der Waals surface area contributed by atoms with Gasteiger partial charge in [0.1, 0.15) is 23.6 Å². The SMILES string of the molecule is C=CCC[C@@](OCc1ccccc1)(C(=O)NCC(=O)c1nc(O[C@H](C)CC=C)c(C)cc1Br)C(F)(F)F.C=CCC[C@@](OCc1ccccc1)(c1nnc(-c2nc(O[C@H](C)CC=C)c(C)cc2Br)o1)C(F)(F)F. The van der Waals surface area contributed by atoms with E-state index in [0.29, 0.717) is 44.4 Å². The Balaban J connectivity index is 0.000000317. The Hall–Kier alpha value is -5.96. The maximum atomic E-state index is 14.6. The van der Waals surface area contributed by atoms with Crippen LogP contribution in [0.25, 0.3) is 11.6 Å². The molecule has 0 unspecified atom stereocenters. The van der Waals surface area contributed by atoms with Gasteiger partial charge in [0.2, 0.25) is 28.7 Å². The van der Waals surface area contributed by atoms with Crippen LogP contribution in [0.3, 0.4) is 0 Å². The van der Waals surface area contributed by atoms with E-state index in [4.69, 9.17) is 23.4 Å². The summed E-state index contributed by atoms with van der Waals surface area (Å²) in [6, 6.07) is 20.1. The molecule has 73 heavy (non-hydrogen) atoms. The van der Waals surface area contributed by atoms with Crippen molar-refractivity contribution >= 4 is 43.6 Å². The highest BCUT2D eigenvalue weighted by atomic mass is 79.9. The molecule has 0 bridgehead atoms. The van der Waals surface area contributed by atoms with Gasteiger partial charge in [0.05, 0.1) is 19.8 Å². The molecule has 0 aliphatic heterocycles. The van der Waals surface area contributed by atoms with E-state index in [2.05, 4.69) is 83.7 Å². The number of amides is 1. The number of hydrogen-bond acceptors (Lipinski definition) is 11. The van der Waals surface area contributed by atoms with Crippen LogP contribution in [-0.4, -0.2) is 68.6 Å². The number of halogens is 8. The maximum absolute atomic E-state index is 14.6. The largest absolute Gasteiger partial charge is 0.474 e. The van der Waals surface area contributed by atoms with Gasteiger partial charge in [0.25, 0.3) is 17.7 Å². The van der Waals surface area contributed by atoms with E-state index in [1.54, 1.807) is 98.8 Å². The molecule has 0 saturated carbocycles. The predicted octanol–water partition coefficient (Wildman–Crippen LogP) is 13.8. The molecule has 3 aromatic heterocycles. The van der Waals surface area contributed by atoms with Gasteiger partial charge in [-0.05, 0) is 108 Å². The summed E-state index contributed by atoms with van der Waals surface area (Å²) >= 11 is 6.65. The zero-order valence-corrected chi connectivity index (χ0v) is 43.9. The maximum Gasteiger partial charge on any atom is 0.426 e. The first-order valence-electron chi connectivity index (χ1n) is 22.8. The van der Waals surface area contributed by atoms with Gasteiger partial charge in [0, 0.05) is 32.9 Å². The third-order valence-corrected chi connectivity index (χ3v) is 12.1. The lowest BCUT2D eigenvalue weighted by Gasteiger charge is -2.34. The number of Topliss-reactive ketones (excluding diaryl/α,β-unsaturated/α-hetero) is 1. The molecule has 0 radical (unpaired) electrons. The van der Waals surface area contributed by atoms with E-state index in [0.717, 1.165) is 5.56 Å². The minimum atomic E-state index is -5.05. The van der Waals surface area contributed by atoms with Gasteiger partial charge in [-0.1, -0.05) is 85.0 Å². The quantitative estimate of drug-likeness (QED) is 0.0320. The van der Waals surface area contributed by atoms with Crippen LogP contribution in [0.5, 0.6) is 11.8 Å². The molecule has 392 valence electrons. The zero-order valence-electron chi connectivity index (χ0n) is 40.8. The first kappa shape index (κ1) is 59.6. The molecule has 2 aromatic carbocycles. The zero-order chi connectivity index (χ0) is 54.0. The summed E-state index contributed by atoms with van der Waals surface area (Å²) in [7, 11) is 0. The van der Waals surface area contributed by atoms with Crippen molar-refractivity contribution in [2.75, 3.05) is 6.54 Å². The lowest BCUT2D eigenvalue weighted by Crippen LogP contribution is -2.59. The molecule has 0 fully saturated rings. The fourth-order valence-electron chi connectivity index (χ4n) is 6.89. The summed E-state index contributed by atoms with van der Waals surface area (Å²) in [4.78, 5) is 34.6. The molecule has 12 nitrogen and oxygen atoms in total. The Morgan fingerprint density at radius 1 is 0.699 bits per heavy atom. The van der Waals surface area contributed by atoms with Crippen LogP contribution in [0.2, 0.25) is 0 Å². The van der Waals surface area contributed by atoms with Gasteiger partial charge >= 0.3 is 12.4 Å². The third-order valence-electron chi connectivity index (χ3n) is 10.8. The van der Waals surface area contributed by atoms with Crippen LogP contribution in [0.15, 0.2) is 137 Å². The highest BCUT2D eigenvalue weighted by Crippen LogP contribution is 2.47. The number of aryl methyl sites for hydroxylation is 2. The Bertz CT molecular complexity index is 2650. The average molecular weight is 1150 g/mol. The highest BCUT2D eigenvalue weighted by molar-refractivity contribution is 9.10. The Morgan fingerprint density at radius 3 is 1.71 bits per heavy atom. The number of carbonyl (C=O) groups is 2. The summed E-state index contributed by atoms with van der Waals surface area (Å²) < 4.78 is 115. The van der Waals surface area contributed by atoms with E-state index in [-0.39, 0.29) is 54.8 Å². The third kappa shape index (κ3) is 16.0. The van der Waals surface area contributed by atoms with Crippen molar-refractivity contribution in [2.24, 2.45) is 0 Å². The van der Waals surface area contributed by atoms with Crippen LogP contribution < -0.4 is 14.8 Å². The lowest BCUT2D eigenvalue weighted by molar-refractivity contribution is -0.299. The average Bonchev–Trinajstić information content (AvgIpc) is 3.83. The van der Waals surface area contributed by atoms with Crippen LogP contribution >= 0.6 is 31.9 Å². The van der Waals surface area contributed by atoms with Crippen LogP contribution in [0.4, 0.5) is 26.3 Å². The summed E-state index contributed by atoms with van der Waals surface area (Å²) in [6.45, 7) is 20.1. The Morgan fingerprint density at radius 2 is 1.21 bits per heavy atom. The van der Waals surface area contributed by atoms with Gasteiger partial charge in [0.15, 0.2) is 0 Å². The lowest BCUT2D eigenvalue weighted by atomic mass is 9.94. The number of alkyl halides is 6. The van der Waals surface area contributed by atoms with Gasteiger partial charge < -0.3 is 28.7 Å². The number of ether oxygens (including phenoxy) is 4. The summed E-state index contributed by atoms with van der Waals surface area (Å²) in [5.74, 6) is -2.58. The number of nitrogens with one attached hydrogen (secondary N) is 1. The summed E-state index contributed by atoms with van der Waals surface area (Å²) in [5, 5.41) is 9.77. The van der Waals surface area contributed by atoms with Crippen LogP contribution in [-0.2, 0) is 33.1 Å². The van der Waals surface area contributed by atoms with E-state index in [1.807, 2.05) is 13.8 Å². The second kappa shape index (κ2) is 27.4. The van der Waals surface area contributed by atoms with Crippen molar-refractivity contribution in [3.8, 4) is 23.3 Å². The van der Waals surface area contributed by atoms with Crippen molar-refractivity contribution in [3.05, 3.63) is 166 Å². The molecule has 4 atom stereocenters. The van der Waals surface area contributed by atoms with E-state index < -0.39 is 67.1 Å². The summed E-state index contributed by atoms with van der Waals surface area (Å²) in [5.41, 5.74) is -3.53. The number of nitrogens with zero attached hydrogens (tertiary/aromatic N) is 4. The van der Waals surface area contributed by atoms with Crippen molar-refractivity contribution in [2.45, 2.75) is 115 Å². The molecule has 5 rings (SSSR count). The molecule has 0 aliphatic rings. The number of carbonyl (C=O) groups excluding carboxylic acids is 2. The smallest absolute Gasteiger partial charge is 0.426 e. The first-order valence-corrected chi connectivity index (χ1v) is 24.4. The van der Waals surface area contributed by atoms with Gasteiger partial charge in [-0.2, -0.15) is 26.3 Å². The number of ketones is 1. The number of pyridine rings is 2. The molecule has 1 N–H and O–H groups in total. The normalized spacial score (nSPS) is 14.0. The molecule has 20 heteroatoms. The molecular formula is C53H57Br2F6N5O7. The van der Waals surface area contributed by atoms with Crippen molar-refractivity contribution in [1.82, 2.24) is 25.5 Å². The van der Waals surface area contributed by atoms with Crippen molar-refractivity contribution < 1.29 is 59.3 Å². The van der Waals surface area contributed by atoms with Gasteiger partial charge in [-0.25, -0.2) is 9.97 Å². The fraction of sp³-hybridized carbons (Fsp3) is 0.358. The molecule has 3 heterocycles. The topological polar surface area (TPSA) is 148 Å². The number of allylic oxidation sites excluding steroid dienone is 2. The number of benzene rings is 2. The fourth-order valence-corrected chi connectivity index (χ4v) is 8.14. The van der Waals surface area contributed by atoms with Crippen molar-refractivity contribution in [1.29, 1.82) is 0 Å². The molecule has 0 aliphatic carbocycles. The van der Waals surface area contributed by atoms with E-state index in [9.17, 15) is 35.9 Å². The number of hydrogen-bond donors (Lipinski definition) is 1. The van der Waals surface area contributed by atoms with Crippen LogP contribution in [0, 0.1) is 13.8 Å². The second-order valence-electron chi connectivity index (χ2n) is 16.7. The second-order valence-corrected chi connectivity index (χ2v) is 18.4. The van der Waals surface area contributed by atoms with Gasteiger partial charge in [-0.15, -0.1) is 36.5 Å². The first-order chi connectivity index (χ1) is 34.6. The molecule has 0 saturated heterocycles. The summed E-state index contributed by atoms with van der Waals surface area (Å²) in [6.07, 6.45) is -4.47. The molecule has 5 aromatic rings. The molecule has 1 amide bonds. The standard InChI is InChI=1S/C27H30BrF3N2O4.C26H27BrF3N3O3/c1-5-7-14-26(27(29,30)31,36-17-20-12-9-8-10-13-20)25(35)32-16-22(34)23-21(28)15-18(3)24(33-23)37-19(4)11-6-2;1-5-7-14-25(26(28,29)30,34-16-19-12-9-8-10-13-19)24-33-32-23(36-24)21-20(27)15-17(3)22(31-21)35-18(4)11-6-2/h5-6,8-10,12-13,15,19H,1-2,7,11,14,16-17H2,3-4H3,(H,32,35);5-6,8-10,12-13,15,18H,1-2,7,11,14,16H2,3-4H3/t19-,26-;18-,25-/m11/s1.